The van der Waals surface area contributed by atoms with Crippen LogP contribution in [0.5, 0.6) is 5.75 Å². The first kappa shape index (κ1) is 7.47. The Morgan fingerprint density at radius 2 is 2.30 bits per heavy atom. The molecular formula is C6H5BrFNO. The molecule has 4 heteroatoms. The molecule has 1 N–H and O–H groups in total. The molecule has 0 fully saturated rings. The second-order valence-corrected chi connectivity index (χ2v) is 2.66. The van der Waals surface area contributed by atoms with Crippen LogP contribution in [0.15, 0.2) is 10.7 Å². The molecule has 0 radical (unpaired) electrons. The monoisotopic (exact) mass is 205 g/mol. The van der Waals surface area contributed by atoms with Gasteiger partial charge in [0.15, 0.2) is 4.60 Å². The Kier molecular flexibility index (Phi) is 1.89. The van der Waals surface area contributed by atoms with Crippen LogP contribution in [0.2, 0.25) is 0 Å². The molecule has 0 saturated heterocycles. The van der Waals surface area contributed by atoms with E-state index >= 15 is 0 Å². The van der Waals surface area contributed by atoms with Crippen LogP contribution in [0.3, 0.4) is 0 Å². The van der Waals surface area contributed by atoms with Gasteiger partial charge in [-0.05, 0) is 28.9 Å². The maximum Gasteiger partial charge on any atom is 0.217 e. The quantitative estimate of drug-likeness (QED) is 0.658. The van der Waals surface area contributed by atoms with Crippen molar-refractivity contribution in [2.24, 2.45) is 0 Å². The van der Waals surface area contributed by atoms with Gasteiger partial charge in [0.05, 0.1) is 0 Å². The molecule has 0 atom stereocenters. The van der Waals surface area contributed by atoms with E-state index in [0.29, 0.717) is 5.56 Å². The van der Waals surface area contributed by atoms with Crippen LogP contribution in [0.1, 0.15) is 5.56 Å². The molecule has 10 heavy (non-hydrogen) atoms. The van der Waals surface area contributed by atoms with E-state index in [2.05, 4.69) is 20.9 Å². The Hall–Kier alpha value is -0.640. The Balaban J connectivity index is 3.28. The number of pyridine rings is 1. The summed E-state index contributed by atoms with van der Waals surface area (Å²) in [4.78, 5) is 3.37. The molecule has 0 spiro atoms. The van der Waals surface area contributed by atoms with Crippen LogP contribution < -0.4 is 0 Å². The summed E-state index contributed by atoms with van der Waals surface area (Å²) in [7, 11) is 0. The average molecular weight is 206 g/mol. The fourth-order valence-electron chi connectivity index (χ4n) is 0.556. The predicted molar refractivity (Wildman–Crippen MR) is 38.3 cm³/mol. The summed E-state index contributed by atoms with van der Waals surface area (Å²) in [5.41, 5.74) is 0.334. The number of halogens is 2. The van der Waals surface area contributed by atoms with E-state index < -0.39 is 5.95 Å². The molecule has 1 aromatic heterocycles. The molecule has 0 aliphatic rings. The minimum atomic E-state index is -0.565. The SMILES string of the molecule is Cc1cc(O)c(Br)nc1F. The van der Waals surface area contributed by atoms with Gasteiger partial charge in [-0.15, -0.1) is 0 Å². The highest BCUT2D eigenvalue weighted by atomic mass is 79.9. The smallest absolute Gasteiger partial charge is 0.217 e. The minimum Gasteiger partial charge on any atom is -0.505 e. The van der Waals surface area contributed by atoms with E-state index in [1.54, 1.807) is 0 Å². The summed E-state index contributed by atoms with van der Waals surface area (Å²) in [5, 5.41) is 8.95. The normalized spacial score (nSPS) is 9.90. The summed E-state index contributed by atoms with van der Waals surface area (Å²) >= 11 is 2.88. The van der Waals surface area contributed by atoms with Gasteiger partial charge in [-0.25, -0.2) is 4.98 Å². The molecule has 0 aliphatic heterocycles. The fourth-order valence-corrected chi connectivity index (χ4v) is 0.826. The minimum absolute atomic E-state index is 0.0427. The number of aromatic hydroxyl groups is 1. The van der Waals surface area contributed by atoms with E-state index in [0.717, 1.165) is 0 Å². The van der Waals surface area contributed by atoms with Crippen LogP contribution in [-0.2, 0) is 0 Å². The van der Waals surface area contributed by atoms with Crippen molar-refractivity contribution < 1.29 is 9.50 Å². The van der Waals surface area contributed by atoms with Crippen molar-refractivity contribution in [3.05, 3.63) is 22.2 Å². The topological polar surface area (TPSA) is 33.1 Å². The number of hydrogen-bond acceptors (Lipinski definition) is 2. The number of rotatable bonds is 0. The molecule has 1 heterocycles. The highest BCUT2D eigenvalue weighted by Crippen LogP contribution is 2.22. The van der Waals surface area contributed by atoms with Gasteiger partial charge in [0, 0.05) is 5.56 Å². The summed E-state index contributed by atoms with van der Waals surface area (Å²) in [6.07, 6.45) is 0. The fraction of sp³-hybridized carbons (Fsp3) is 0.167. The van der Waals surface area contributed by atoms with Gasteiger partial charge in [-0.1, -0.05) is 0 Å². The standard InChI is InChI=1S/C6H5BrFNO/c1-3-2-4(10)5(7)9-6(3)8/h2,10H,1H3. The molecule has 0 bridgehead atoms. The average Bonchev–Trinajstić information content (AvgIpc) is 1.84. The molecule has 0 unspecified atom stereocenters. The van der Waals surface area contributed by atoms with E-state index in [1.807, 2.05) is 0 Å². The molecule has 0 saturated carbocycles. The molecule has 0 amide bonds. The number of aryl methyl sites for hydroxylation is 1. The lowest BCUT2D eigenvalue weighted by Gasteiger charge is -1.97. The predicted octanol–water partition coefficient (Wildman–Crippen LogP) is 2.00. The number of nitrogens with zero attached hydrogens (tertiary/aromatic N) is 1. The highest BCUT2D eigenvalue weighted by molar-refractivity contribution is 9.10. The Bertz CT molecular complexity index is 214. The number of aromatic nitrogens is 1. The van der Waals surface area contributed by atoms with Crippen LogP contribution in [0, 0.1) is 12.9 Å². The van der Waals surface area contributed by atoms with Gasteiger partial charge in [0.1, 0.15) is 5.75 Å². The largest absolute Gasteiger partial charge is 0.505 e. The van der Waals surface area contributed by atoms with Crippen molar-refractivity contribution in [3.8, 4) is 5.75 Å². The van der Waals surface area contributed by atoms with Crippen molar-refractivity contribution in [1.29, 1.82) is 0 Å². The van der Waals surface area contributed by atoms with E-state index in [-0.39, 0.29) is 10.4 Å². The maximum atomic E-state index is 12.5. The van der Waals surface area contributed by atoms with Crippen LogP contribution >= 0.6 is 15.9 Å². The lowest BCUT2D eigenvalue weighted by Crippen LogP contribution is -1.87. The summed E-state index contributed by atoms with van der Waals surface area (Å²) in [6, 6.07) is 1.31. The van der Waals surface area contributed by atoms with Gasteiger partial charge in [0.25, 0.3) is 0 Å². The molecule has 0 aromatic carbocycles. The molecular weight excluding hydrogens is 201 g/mol. The van der Waals surface area contributed by atoms with Crippen LogP contribution in [-0.4, -0.2) is 10.1 Å². The number of hydrogen-bond donors (Lipinski definition) is 1. The molecule has 54 valence electrons. The Morgan fingerprint density at radius 3 is 2.80 bits per heavy atom. The van der Waals surface area contributed by atoms with Gasteiger partial charge in [-0.2, -0.15) is 4.39 Å². The zero-order chi connectivity index (χ0) is 7.72. The first-order valence-electron chi connectivity index (χ1n) is 2.63. The lowest BCUT2D eigenvalue weighted by atomic mass is 10.3. The summed E-state index contributed by atoms with van der Waals surface area (Å²) < 4.78 is 12.6. The second kappa shape index (κ2) is 2.54. The van der Waals surface area contributed by atoms with Gasteiger partial charge in [0.2, 0.25) is 5.95 Å². The molecule has 1 aromatic rings. The van der Waals surface area contributed by atoms with E-state index in [4.69, 9.17) is 5.11 Å². The molecule has 0 aliphatic carbocycles. The summed E-state index contributed by atoms with van der Waals surface area (Å²) in [5.74, 6) is -0.608. The third-order valence-electron chi connectivity index (χ3n) is 1.09. The van der Waals surface area contributed by atoms with Gasteiger partial charge >= 0.3 is 0 Å². The lowest BCUT2D eigenvalue weighted by molar-refractivity contribution is 0.460. The highest BCUT2D eigenvalue weighted by Gasteiger charge is 2.03. The first-order chi connectivity index (χ1) is 4.61. The third kappa shape index (κ3) is 1.26. The van der Waals surface area contributed by atoms with Gasteiger partial charge < -0.3 is 5.11 Å². The Morgan fingerprint density at radius 1 is 1.70 bits per heavy atom. The Labute approximate surface area is 65.8 Å². The van der Waals surface area contributed by atoms with Crippen molar-refractivity contribution in [1.82, 2.24) is 4.98 Å². The zero-order valence-electron chi connectivity index (χ0n) is 5.23. The molecule has 2 nitrogen and oxygen atoms in total. The third-order valence-corrected chi connectivity index (χ3v) is 1.67. The zero-order valence-corrected chi connectivity index (χ0v) is 6.81. The van der Waals surface area contributed by atoms with Crippen molar-refractivity contribution >= 4 is 15.9 Å². The van der Waals surface area contributed by atoms with E-state index in [1.165, 1.54) is 13.0 Å². The molecule has 1 rings (SSSR count). The van der Waals surface area contributed by atoms with E-state index in [9.17, 15) is 4.39 Å². The van der Waals surface area contributed by atoms with Crippen molar-refractivity contribution in [2.75, 3.05) is 0 Å². The van der Waals surface area contributed by atoms with Crippen LogP contribution in [0.4, 0.5) is 4.39 Å². The van der Waals surface area contributed by atoms with Crippen molar-refractivity contribution in [3.63, 3.8) is 0 Å². The first-order valence-corrected chi connectivity index (χ1v) is 3.42. The van der Waals surface area contributed by atoms with Gasteiger partial charge in [-0.3, -0.25) is 0 Å². The summed E-state index contributed by atoms with van der Waals surface area (Å²) in [6.45, 7) is 1.54. The maximum absolute atomic E-state index is 12.5. The van der Waals surface area contributed by atoms with Crippen molar-refractivity contribution in [2.45, 2.75) is 6.92 Å². The van der Waals surface area contributed by atoms with Crippen LogP contribution in [0.25, 0.3) is 0 Å². The second-order valence-electron chi connectivity index (χ2n) is 1.91.